The van der Waals surface area contributed by atoms with Crippen molar-refractivity contribution >= 4 is 17.5 Å². The van der Waals surface area contributed by atoms with Crippen LogP contribution in [0, 0.1) is 11.3 Å². The first-order chi connectivity index (χ1) is 14.5. The van der Waals surface area contributed by atoms with Crippen LogP contribution in [0.2, 0.25) is 0 Å². The van der Waals surface area contributed by atoms with E-state index in [9.17, 15) is 4.79 Å². The van der Waals surface area contributed by atoms with Crippen LogP contribution in [0.1, 0.15) is 110 Å². The molecular formula is C28H46OS. The summed E-state index contributed by atoms with van der Waals surface area (Å²) in [4.78, 5) is 13.2. The molecule has 0 N–H and O–H groups in total. The first-order valence-corrected chi connectivity index (χ1v) is 13.8. The van der Waals surface area contributed by atoms with Gasteiger partial charge in [0.2, 0.25) is 0 Å². The largest absolute Gasteiger partial charge is 0.298 e. The Hall–Kier alpha value is -0.760. The lowest BCUT2D eigenvalue weighted by atomic mass is 9.71. The summed E-state index contributed by atoms with van der Waals surface area (Å²) in [6.07, 6.45) is 19.6. The molecule has 0 radical (unpaired) electrons. The second-order valence-electron chi connectivity index (χ2n) is 10.0. The maximum absolute atomic E-state index is 13.2. The van der Waals surface area contributed by atoms with E-state index in [2.05, 4.69) is 57.4 Å². The lowest BCUT2D eigenvalue weighted by molar-refractivity contribution is -0.120. The van der Waals surface area contributed by atoms with Gasteiger partial charge in [0.1, 0.15) is 5.78 Å². The standard InChI is InChI=1S/C28H46OS/c1-5-6-7-8-9-10-11-17-22-28(30-4)26(29)23-25(27(28,2)3)21-16-15-20-24-18-13-12-14-19-24/h12-14,18-19,25H,5-11,15-17,20-23H2,1-4H3. The number of unbranched alkanes of at least 4 members (excludes halogenated alkanes) is 8. The smallest absolute Gasteiger partial charge is 0.149 e. The molecule has 0 saturated heterocycles. The van der Waals surface area contributed by atoms with Crippen LogP contribution in [0.15, 0.2) is 30.3 Å². The third kappa shape index (κ3) is 6.62. The van der Waals surface area contributed by atoms with E-state index in [-0.39, 0.29) is 10.2 Å². The van der Waals surface area contributed by atoms with Gasteiger partial charge in [-0.1, -0.05) is 109 Å². The Balaban J connectivity index is 1.78. The van der Waals surface area contributed by atoms with Crippen molar-refractivity contribution in [1.82, 2.24) is 0 Å². The fourth-order valence-corrected chi connectivity index (χ4v) is 6.96. The van der Waals surface area contributed by atoms with E-state index in [0.717, 1.165) is 19.3 Å². The topological polar surface area (TPSA) is 17.1 Å². The lowest BCUT2D eigenvalue weighted by Gasteiger charge is -2.42. The van der Waals surface area contributed by atoms with Crippen molar-refractivity contribution in [1.29, 1.82) is 0 Å². The Morgan fingerprint density at radius 1 is 0.900 bits per heavy atom. The van der Waals surface area contributed by atoms with Crippen LogP contribution in [0.5, 0.6) is 0 Å². The normalized spacial score (nSPS) is 23.2. The fraction of sp³-hybridized carbons (Fsp3) is 0.750. The van der Waals surface area contributed by atoms with Crippen LogP contribution in [0.3, 0.4) is 0 Å². The van der Waals surface area contributed by atoms with Gasteiger partial charge in [-0.05, 0) is 48.8 Å². The van der Waals surface area contributed by atoms with Crippen molar-refractivity contribution < 1.29 is 4.79 Å². The number of ketones is 1. The van der Waals surface area contributed by atoms with Crippen molar-refractivity contribution in [2.45, 2.75) is 115 Å². The molecule has 2 rings (SSSR count). The van der Waals surface area contributed by atoms with E-state index < -0.39 is 0 Å². The van der Waals surface area contributed by atoms with Crippen LogP contribution in [0.4, 0.5) is 0 Å². The molecule has 30 heavy (non-hydrogen) atoms. The van der Waals surface area contributed by atoms with Gasteiger partial charge in [-0.25, -0.2) is 0 Å². The number of benzene rings is 1. The molecule has 0 heterocycles. The minimum atomic E-state index is -0.153. The average molecular weight is 431 g/mol. The van der Waals surface area contributed by atoms with Gasteiger partial charge < -0.3 is 0 Å². The quantitative estimate of drug-likeness (QED) is 0.259. The van der Waals surface area contributed by atoms with E-state index in [4.69, 9.17) is 0 Å². The fourth-order valence-electron chi connectivity index (χ4n) is 5.61. The highest BCUT2D eigenvalue weighted by molar-refractivity contribution is 8.00. The van der Waals surface area contributed by atoms with Gasteiger partial charge in [0.05, 0.1) is 4.75 Å². The first kappa shape index (κ1) is 25.5. The molecule has 170 valence electrons. The molecule has 1 aliphatic carbocycles. The summed E-state index contributed by atoms with van der Waals surface area (Å²) in [7, 11) is 0. The average Bonchev–Trinajstić information content (AvgIpc) is 2.93. The van der Waals surface area contributed by atoms with Crippen molar-refractivity contribution in [2.75, 3.05) is 6.26 Å². The Labute approximate surface area is 191 Å². The minimum Gasteiger partial charge on any atom is -0.298 e. The Morgan fingerprint density at radius 3 is 2.17 bits per heavy atom. The molecule has 1 saturated carbocycles. The highest BCUT2D eigenvalue weighted by atomic mass is 32.2. The van der Waals surface area contributed by atoms with E-state index in [1.165, 1.54) is 76.2 Å². The summed E-state index contributed by atoms with van der Waals surface area (Å²) < 4.78 is -0.153. The van der Waals surface area contributed by atoms with Gasteiger partial charge in [0, 0.05) is 6.42 Å². The summed E-state index contributed by atoms with van der Waals surface area (Å²) in [6.45, 7) is 7.06. The minimum absolute atomic E-state index is 0.109. The number of carbonyl (C=O) groups is 1. The zero-order chi connectivity index (χ0) is 21.9. The lowest BCUT2D eigenvalue weighted by Crippen LogP contribution is -2.44. The van der Waals surface area contributed by atoms with Crippen LogP contribution in [-0.4, -0.2) is 16.8 Å². The first-order valence-electron chi connectivity index (χ1n) is 12.6. The number of carbonyl (C=O) groups excluding carboxylic acids is 1. The number of thioether (sulfide) groups is 1. The van der Waals surface area contributed by atoms with Gasteiger partial charge >= 0.3 is 0 Å². The molecule has 2 heteroatoms. The molecule has 1 aliphatic rings. The van der Waals surface area contributed by atoms with E-state index >= 15 is 0 Å². The van der Waals surface area contributed by atoms with Crippen LogP contribution in [-0.2, 0) is 11.2 Å². The summed E-state index contributed by atoms with van der Waals surface area (Å²) >= 11 is 1.86. The van der Waals surface area contributed by atoms with Crippen molar-refractivity contribution in [3.63, 3.8) is 0 Å². The van der Waals surface area contributed by atoms with Gasteiger partial charge in [-0.3, -0.25) is 4.79 Å². The molecule has 1 aromatic carbocycles. The van der Waals surface area contributed by atoms with Crippen LogP contribution >= 0.6 is 11.8 Å². The summed E-state index contributed by atoms with van der Waals surface area (Å²) in [5.41, 5.74) is 1.55. The molecule has 1 fully saturated rings. The zero-order valence-corrected chi connectivity index (χ0v) is 21.0. The second-order valence-corrected chi connectivity index (χ2v) is 11.1. The maximum atomic E-state index is 13.2. The molecule has 1 aromatic rings. The monoisotopic (exact) mass is 430 g/mol. The molecule has 1 nitrogen and oxygen atoms in total. The molecule has 0 amide bonds. The highest BCUT2D eigenvalue weighted by Crippen LogP contribution is 2.58. The molecule has 0 spiro atoms. The Kier molecular flexibility index (Phi) is 11.0. The molecule has 0 aliphatic heterocycles. The zero-order valence-electron chi connectivity index (χ0n) is 20.2. The predicted octanol–water partition coefficient (Wildman–Crippen LogP) is 8.65. The third-order valence-electron chi connectivity index (χ3n) is 7.79. The van der Waals surface area contributed by atoms with Crippen LogP contribution in [0.25, 0.3) is 0 Å². The molecule has 2 unspecified atom stereocenters. The molecule has 2 atom stereocenters. The highest BCUT2D eigenvalue weighted by Gasteiger charge is 2.58. The van der Waals surface area contributed by atoms with E-state index in [0.29, 0.717) is 11.7 Å². The van der Waals surface area contributed by atoms with Gasteiger partial charge in [0.25, 0.3) is 0 Å². The second kappa shape index (κ2) is 12.9. The number of hydrogen-bond acceptors (Lipinski definition) is 2. The van der Waals surface area contributed by atoms with E-state index in [1.54, 1.807) is 0 Å². The maximum Gasteiger partial charge on any atom is 0.149 e. The van der Waals surface area contributed by atoms with Crippen molar-refractivity contribution in [3.05, 3.63) is 35.9 Å². The number of Topliss-reactive ketones (excluding diaryl/α,β-unsaturated/α-hetero) is 1. The van der Waals surface area contributed by atoms with E-state index in [1.807, 2.05) is 11.8 Å². The van der Waals surface area contributed by atoms with Crippen molar-refractivity contribution in [3.8, 4) is 0 Å². The summed E-state index contributed by atoms with van der Waals surface area (Å²) in [6, 6.07) is 10.8. The number of hydrogen-bond donors (Lipinski definition) is 0. The molecular weight excluding hydrogens is 384 g/mol. The molecule has 0 bridgehead atoms. The third-order valence-corrected chi connectivity index (χ3v) is 9.44. The van der Waals surface area contributed by atoms with Gasteiger partial charge in [-0.15, -0.1) is 0 Å². The molecule has 0 aromatic heterocycles. The summed E-state index contributed by atoms with van der Waals surface area (Å²) in [5, 5.41) is 0. The van der Waals surface area contributed by atoms with Crippen LogP contribution < -0.4 is 0 Å². The Morgan fingerprint density at radius 2 is 1.53 bits per heavy atom. The predicted molar refractivity (Wildman–Crippen MR) is 134 cm³/mol. The summed E-state index contributed by atoms with van der Waals surface area (Å²) in [5.74, 6) is 1.08. The SMILES string of the molecule is CCCCCCCCCCC1(SC)C(=O)CC(CCCCc2ccccc2)C1(C)C. The van der Waals surface area contributed by atoms with Crippen molar-refractivity contribution in [2.24, 2.45) is 11.3 Å². The number of aryl methyl sites for hydroxylation is 1. The number of rotatable bonds is 15. The van der Waals surface area contributed by atoms with Gasteiger partial charge in [-0.2, -0.15) is 11.8 Å². The van der Waals surface area contributed by atoms with Gasteiger partial charge in [0.15, 0.2) is 0 Å². The Bertz CT molecular complexity index is 608.